The van der Waals surface area contributed by atoms with Gasteiger partial charge in [-0.1, -0.05) is 0 Å². The van der Waals surface area contributed by atoms with Gasteiger partial charge in [0.25, 0.3) is 5.91 Å². The molecule has 3 aliphatic heterocycles. The summed E-state index contributed by atoms with van der Waals surface area (Å²) in [6.07, 6.45) is 3.34. The number of fused-ring (bicyclic) bond motifs is 1. The quantitative estimate of drug-likeness (QED) is 0.762. The molecule has 0 saturated carbocycles. The lowest BCUT2D eigenvalue weighted by molar-refractivity contribution is -0.204. The van der Waals surface area contributed by atoms with Crippen molar-refractivity contribution in [2.45, 2.75) is 25.4 Å². The van der Waals surface area contributed by atoms with Crippen molar-refractivity contribution in [1.29, 1.82) is 0 Å². The zero-order valence-corrected chi connectivity index (χ0v) is 11.3. The van der Waals surface area contributed by atoms with Crippen LogP contribution in [0.3, 0.4) is 0 Å². The van der Waals surface area contributed by atoms with E-state index in [4.69, 9.17) is 9.57 Å². The number of rotatable bonds is 1. The molecule has 3 heterocycles. The smallest absolute Gasteiger partial charge is 0.250 e. The van der Waals surface area contributed by atoms with Gasteiger partial charge in [-0.15, -0.1) is 12.4 Å². The van der Waals surface area contributed by atoms with Crippen LogP contribution in [0.2, 0.25) is 0 Å². The van der Waals surface area contributed by atoms with Crippen molar-refractivity contribution >= 4 is 18.3 Å². The molecule has 104 valence electrons. The van der Waals surface area contributed by atoms with E-state index in [9.17, 15) is 4.79 Å². The zero-order valence-electron chi connectivity index (χ0n) is 10.5. The minimum absolute atomic E-state index is 0. The molecular formula is C12H21ClN2O3. The highest BCUT2D eigenvalue weighted by atomic mass is 35.5. The predicted octanol–water partition coefficient (Wildman–Crippen LogP) is 0.587. The van der Waals surface area contributed by atoms with Gasteiger partial charge in [0.1, 0.15) is 0 Å². The van der Waals surface area contributed by atoms with Gasteiger partial charge in [0, 0.05) is 32.2 Å². The fourth-order valence-corrected chi connectivity index (χ4v) is 3.09. The second kappa shape index (κ2) is 6.19. The minimum Gasteiger partial charge on any atom is -0.377 e. The number of amides is 1. The van der Waals surface area contributed by atoms with E-state index in [-0.39, 0.29) is 30.3 Å². The number of nitrogens with zero attached hydrogens (tertiary/aromatic N) is 1. The topological polar surface area (TPSA) is 50.8 Å². The summed E-state index contributed by atoms with van der Waals surface area (Å²) in [4.78, 5) is 17.9. The summed E-state index contributed by atoms with van der Waals surface area (Å²) in [7, 11) is 0. The van der Waals surface area contributed by atoms with Crippen LogP contribution in [0.4, 0.5) is 0 Å². The molecule has 0 spiro atoms. The maximum atomic E-state index is 12.4. The highest BCUT2D eigenvalue weighted by molar-refractivity contribution is 5.85. The second-order valence-electron chi connectivity index (χ2n) is 5.11. The van der Waals surface area contributed by atoms with Gasteiger partial charge >= 0.3 is 0 Å². The molecule has 5 nitrogen and oxygen atoms in total. The highest BCUT2D eigenvalue weighted by Gasteiger charge is 2.42. The number of halogens is 1. The summed E-state index contributed by atoms with van der Waals surface area (Å²) in [5.74, 6) is 0.570. The van der Waals surface area contributed by atoms with E-state index in [1.807, 2.05) is 0 Å². The Morgan fingerprint density at radius 1 is 1.22 bits per heavy atom. The van der Waals surface area contributed by atoms with Crippen molar-refractivity contribution < 1.29 is 14.4 Å². The molecule has 0 aliphatic carbocycles. The monoisotopic (exact) mass is 276 g/mol. The summed E-state index contributed by atoms with van der Waals surface area (Å²) < 4.78 is 5.65. The first-order valence-corrected chi connectivity index (χ1v) is 6.63. The third-order valence-electron chi connectivity index (χ3n) is 4.05. The van der Waals surface area contributed by atoms with Gasteiger partial charge < -0.3 is 10.1 Å². The number of nitrogens with one attached hydrogen (secondary N) is 1. The van der Waals surface area contributed by atoms with Gasteiger partial charge in [0.05, 0.1) is 18.6 Å². The molecule has 0 unspecified atom stereocenters. The highest BCUT2D eigenvalue weighted by Crippen LogP contribution is 2.32. The molecule has 0 aromatic rings. The van der Waals surface area contributed by atoms with Crippen LogP contribution < -0.4 is 5.32 Å². The number of carbonyl (C=O) groups excluding carboxylic acids is 1. The lowest BCUT2D eigenvalue weighted by Gasteiger charge is -2.36. The van der Waals surface area contributed by atoms with Crippen molar-refractivity contribution in [2.24, 2.45) is 11.8 Å². The average molecular weight is 277 g/mol. The molecular weight excluding hydrogens is 256 g/mol. The van der Waals surface area contributed by atoms with Gasteiger partial charge in [-0.05, 0) is 19.3 Å². The van der Waals surface area contributed by atoms with Crippen molar-refractivity contribution in [2.75, 3.05) is 32.8 Å². The lowest BCUT2D eigenvalue weighted by Crippen LogP contribution is -2.52. The van der Waals surface area contributed by atoms with E-state index < -0.39 is 0 Å². The molecule has 6 heteroatoms. The molecule has 3 aliphatic rings. The van der Waals surface area contributed by atoms with Gasteiger partial charge in [-0.2, -0.15) is 0 Å². The molecule has 3 saturated heterocycles. The molecule has 0 radical (unpaired) electrons. The summed E-state index contributed by atoms with van der Waals surface area (Å²) in [5, 5.41) is 4.88. The number of ether oxygens (including phenoxy) is 1. The third kappa shape index (κ3) is 2.64. The first-order chi connectivity index (χ1) is 8.36. The summed E-state index contributed by atoms with van der Waals surface area (Å²) >= 11 is 0. The number of hydrogen-bond acceptors (Lipinski definition) is 4. The van der Waals surface area contributed by atoms with Gasteiger partial charge in [-0.25, -0.2) is 5.06 Å². The van der Waals surface area contributed by atoms with Crippen molar-refractivity contribution in [1.82, 2.24) is 10.4 Å². The molecule has 1 amide bonds. The Morgan fingerprint density at radius 2 is 2.11 bits per heavy atom. The third-order valence-corrected chi connectivity index (χ3v) is 4.05. The zero-order chi connectivity index (χ0) is 11.7. The summed E-state index contributed by atoms with van der Waals surface area (Å²) in [6.45, 7) is 3.87. The van der Waals surface area contributed by atoms with E-state index in [0.29, 0.717) is 12.5 Å². The SMILES string of the molecule is Cl.O=C([C@H]1CNC[C@H]2OCC[C@@H]12)N1CCCCO1. The van der Waals surface area contributed by atoms with Gasteiger partial charge in [0.15, 0.2) is 0 Å². The van der Waals surface area contributed by atoms with Crippen molar-refractivity contribution in [3.8, 4) is 0 Å². The first kappa shape index (κ1) is 14.1. The summed E-state index contributed by atoms with van der Waals surface area (Å²) in [6, 6.07) is 0. The lowest BCUT2D eigenvalue weighted by atomic mass is 9.83. The van der Waals surface area contributed by atoms with Crippen molar-refractivity contribution in [3.63, 3.8) is 0 Å². The van der Waals surface area contributed by atoms with E-state index in [2.05, 4.69) is 5.32 Å². The largest absolute Gasteiger partial charge is 0.377 e. The number of piperidine rings is 1. The summed E-state index contributed by atoms with van der Waals surface area (Å²) in [5.41, 5.74) is 0. The molecule has 3 atom stereocenters. The number of carbonyl (C=O) groups is 1. The van der Waals surface area contributed by atoms with Crippen LogP contribution in [0.25, 0.3) is 0 Å². The Balaban J connectivity index is 0.00000120. The van der Waals surface area contributed by atoms with Gasteiger partial charge in [-0.3, -0.25) is 9.63 Å². The molecule has 18 heavy (non-hydrogen) atoms. The van der Waals surface area contributed by atoms with E-state index in [1.54, 1.807) is 5.06 Å². The van der Waals surface area contributed by atoms with Crippen LogP contribution in [0.5, 0.6) is 0 Å². The molecule has 0 aromatic carbocycles. The predicted molar refractivity (Wildman–Crippen MR) is 68.4 cm³/mol. The molecule has 3 rings (SSSR count). The van der Waals surface area contributed by atoms with E-state index in [0.717, 1.165) is 45.5 Å². The molecule has 1 N–H and O–H groups in total. The van der Waals surface area contributed by atoms with Crippen LogP contribution in [-0.4, -0.2) is 49.9 Å². The average Bonchev–Trinajstić information content (AvgIpc) is 2.87. The van der Waals surface area contributed by atoms with E-state index in [1.165, 1.54) is 0 Å². The number of hydroxylamine groups is 2. The molecule has 0 bridgehead atoms. The fourth-order valence-electron chi connectivity index (χ4n) is 3.09. The normalized spacial score (nSPS) is 35.8. The Bertz CT molecular complexity index is 297. The first-order valence-electron chi connectivity index (χ1n) is 6.63. The van der Waals surface area contributed by atoms with Crippen LogP contribution in [0.15, 0.2) is 0 Å². The Morgan fingerprint density at radius 3 is 2.89 bits per heavy atom. The van der Waals surface area contributed by atoms with Gasteiger partial charge in [0.2, 0.25) is 0 Å². The Hall–Kier alpha value is -0.360. The molecule has 3 fully saturated rings. The second-order valence-corrected chi connectivity index (χ2v) is 5.11. The van der Waals surface area contributed by atoms with Crippen molar-refractivity contribution in [3.05, 3.63) is 0 Å². The Labute approximate surface area is 114 Å². The maximum Gasteiger partial charge on any atom is 0.250 e. The maximum absolute atomic E-state index is 12.4. The molecule has 0 aromatic heterocycles. The van der Waals surface area contributed by atoms with Crippen LogP contribution >= 0.6 is 12.4 Å². The fraction of sp³-hybridized carbons (Fsp3) is 0.917. The van der Waals surface area contributed by atoms with Crippen LogP contribution in [0.1, 0.15) is 19.3 Å². The number of hydrogen-bond donors (Lipinski definition) is 1. The van der Waals surface area contributed by atoms with Crippen LogP contribution in [0, 0.1) is 11.8 Å². The van der Waals surface area contributed by atoms with E-state index >= 15 is 0 Å². The standard InChI is InChI=1S/C12H20N2O3.ClH/c15-12(14-4-1-2-5-17-14)10-7-13-8-11-9(10)3-6-16-11;/h9-11,13H,1-8H2;1H/t9-,10-,11+;/m0./s1. The van der Waals surface area contributed by atoms with Crippen LogP contribution in [-0.2, 0) is 14.4 Å². The Kier molecular flexibility index (Phi) is 4.84. The minimum atomic E-state index is 0.